The van der Waals surface area contributed by atoms with Gasteiger partial charge in [0.1, 0.15) is 0 Å². The molecule has 0 aliphatic heterocycles. The molecule has 0 aliphatic rings. The molecular weight excluding hydrogens is 270 g/mol. The second kappa shape index (κ2) is 6.09. The van der Waals surface area contributed by atoms with Crippen molar-refractivity contribution in [1.82, 2.24) is 0 Å². The van der Waals surface area contributed by atoms with Crippen LogP contribution in [0.4, 0.5) is 5.69 Å². The SMILES string of the molecule is Cc1cc(NC(c2cccs2)C(C)C)ccc1C(=O)O. The van der Waals surface area contributed by atoms with Gasteiger partial charge in [-0.05, 0) is 48.1 Å². The third-order valence-corrected chi connectivity index (χ3v) is 4.25. The maximum Gasteiger partial charge on any atom is 0.335 e. The lowest BCUT2D eigenvalue weighted by atomic mass is 10.0. The Bertz CT molecular complexity index is 591. The van der Waals surface area contributed by atoms with Gasteiger partial charge in [-0.3, -0.25) is 0 Å². The van der Waals surface area contributed by atoms with E-state index in [1.807, 2.05) is 19.1 Å². The van der Waals surface area contributed by atoms with Crippen molar-refractivity contribution in [1.29, 1.82) is 0 Å². The summed E-state index contributed by atoms with van der Waals surface area (Å²) in [6.45, 7) is 6.18. The summed E-state index contributed by atoms with van der Waals surface area (Å²) in [6, 6.07) is 9.80. The predicted molar refractivity (Wildman–Crippen MR) is 83.7 cm³/mol. The zero-order valence-electron chi connectivity index (χ0n) is 11.9. The van der Waals surface area contributed by atoms with Gasteiger partial charge in [-0.2, -0.15) is 0 Å². The first-order valence-electron chi connectivity index (χ1n) is 6.63. The minimum absolute atomic E-state index is 0.241. The fourth-order valence-electron chi connectivity index (χ4n) is 2.21. The highest BCUT2D eigenvalue weighted by molar-refractivity contribution is 7.10. The molecule has 0 aliphatic carbocycles. The van der Waals surface area contributed by atoms with Crippen molar-refractivity contribution in [3.05, 3.63) is 51.7 Å². The van der Waals surface area contributed by atoms with E-state index >= 15 is 0 Å². The first-order chi connectivity index (χ1) is 9.49. The van der Waals surface area contributed by atoms with E-state index in [9.17, 15) is 4.79 Å². The van der Waals surface area contributed by atoms with E-state index < -0.39 is 5.97 Å². The Morgan fingerprint density at radius 1 is 1.30 bits per heavy atom. The first kappa shape index (κ1) is 14.6. The number of aryl methyl sites for hydroxylation is 1. The van der Waals surface area contributed by atoms with Crippen molar-refractivity contribution < 1.29 is 9.90 Å². The van der Waals surface area contributed by atoms with Crippen LogP contribution < -0.4 is 5.32 Å². The minimum atomic E-state index is -0.882. The molecule has 0 fully saturated rings. The zero-order chi connectivity index (χ0) is 14.7. The summed E-state index contributed by atoms with van der Waals surface area (Å²) in [4.78, 5) is 12.3. The van der Waals surface area contributed by atoms with E-state index in [4.69, 9.17) is 5.11 Å². The number of hydrogen-bond acceptors (Lipinski definition) is 3. The lowest BCUT2D eigenvalue weighted by molar-refractivity contribution is 0.0696. The molecule has 0 saturated heterocycles. The summed E-state index contributed by atoms with van der Waals surface area (Å²) in [7, 11) is 0. The fourth-order valence-corrected chi connectivity index (χ4v) is 3.16. The van der Waals surface area contributed by atoms with Crippen LogP contribution in [0, 0.1) is 12.8 Å². The molecule has 20 heavy (non-hydrogen) atoms. The first-order valence-corrected chi connectivity index (χ1v) is 7.51. The van der Waals surface area contributed by atoms with Gasteiger partial charge < -0.3 is 10.4 Å². The Balaban J connectivity index is 2.24. The van der Waals surface area contributed by atoms with Gasteiger partial charge in [0.25, 0.3) is 0 Å². The average molecular weight is 289 g/mol. The molecule has 1 atom stereocenters. The fraction of sp³-hybridized carbons (Fsp3) is 0.312. The lowest BCUT2D eigenvalue weighted by Gasteiger charge is -2.23. The summed E-state index contributed by atoms with van der Waals surface area (Å²) in [6.07, 6.45) is 0. The zero-order valence-corrected chi connectivity index (χ0v) is 12.7. The minimum Gasteiger partial charge on any atom is -0.478 e. The van der Waals surface area contributed by atoms with E-state index in [0.29, 0.717) is 11.5 Å². The Hall–Kier alpha value is -1.81. The highest BCUT2D eigenvalue weighted by Gasteiger charge is 2.17. The maximum absolute atomic E-state index is 11.0. The molecule has 1 heterocycles. The van der Waals surface area contributed by atoms with Gasteiger partial charge in [-0.1, -0.05) is 19.9 Å². The number of thiophene rings is 1. The van der Waals surface area contributed by atoms with Crippen molar-refractivity contribution in [3.8, 4) is 0 Å². The number of anilines is 1. The molecule has 0 amide bonds. The van der Waals surface area contributed by atoms with Crippen LogP contribution in [-0.4, -0.2) is 11.1 Å². The number of rotatable bonds is 5. The second-order valence-electron chi connectivity index (χ2n) is 5.22. The third-order valence-electron chi connectivity index (χ3n) is 3.30. The normalized spacial score (nSPS) is 12.4. The number of hydrogen-bond donors (Lipinski definition) is 2. The van der Waals surface area contributed by atoms with Crippen LogP contribution in [0.25, 0.3) is 0 Å². The van der Waals surface area contributed by atoms with E-state index in [-0.39, 0.29) is 6.04 Å². The largest absolute Gasteiger partial charge is 0.478 e. The Kier molecular flexibility index (Phi) is 4.45. The van der Waals surface area contributed by atoms with Gasteiger partial charge >= 0.3 is 5.97 Å². The molecule has 0 saturated carbocycles. The van der Waals surface area contributed by atoms with Crippen LogP contribution in [0.15, 0.2) is 35.7 Å². The quantitative estimate of drug-likeness (QED) is 0.848. The lowest BCUT2D eigenvalue weighted by Crippen LogP contribution is -2.15. The Labute approximate surface area is 123 Å². The average Bonchev–Trinajstić information content (AvgIpc) is 2.88. The van der Waals surface area contributed by atoms with Crippen molar-refractivity contribution in [2.45, 2.75) is 26.8 Å². The molecule has 2 N–H and O–H groups in total. The highest BCUT2D eigenvalue weighted by atomic mass is 32.1. The van der Waals surface area contributed by atoms with Crippen LogP contribution in [0.5, 0.6) is 0 Å². The van der Waals surface area contributed by atoms with Gasteiger partial charge in [0.05, 0.1) is 11.6 Å². The molecule has 4 heteroatoms. The number of nitrogens with one attached hydrogen (secondary N) is 1. The van der Waals surface area contributed by atoms with Crippen molar-refractivity contribution >= 4 is 23.0 Å². The second-order valence-corrected chi connectivity index (χ2v) is 6.20. The van der Waals surface area contributed by atoms with Gasteiger partial charge in [0.15, 0.2) is 0 Å². The highest BCUT2D eigenvalue weighted by Crippen LogP contribution is 2.30. The Morgan fingerprint density at radius 3 is 2.55 bits per heavy atom. The van der Waals surface area contributed by atoms with Crippen LogP contribution in [0.2, 0.25) is 0 Å². The van der Waals surface area contributed by atoms with E-state index in [2.05, 4.69) is 36.7 Å². The van der Waals surface area contributed by atoms with Crippen LogP contribution in [0.3, 0.4) is 0 Å². The third kappa shape index (κ3) is 3.20. The molecule has 2 aromatic rings. The molecule has 0 spiro atoms. The molecule has 106 valence electrons. The number of aromatic carboxylic acids is 1. The molecule has 0 bridgehead atoms. The molecule has 1 unspecified atom stereocenters. The maximum atomic E-state index is 11.0. The Morgan fingerprint density at radius 2 is 2.05 bits per heavy atom. The van der Waals surface area contributed by atoms with E-state index in [0.717, 1.165) is 11.3 Å². The summed E-state index contributed by atoms with van der Waals surface area (Å²) < 4.78 is 0. The van der Waals surface area contributed by atoms with Gasteiger partial charge in [-0.25, -0.2) is 4.79 Å². The van der Waals surface area contributed by atoms with Crippen LogP contribution >= 0.6 is 11.3 Å². The number of carboxylic acid groups (broad SMARTS) is 1. The van der Waals surface area contributed by atoms with Crippen molar-refractivity contribution in [2.75, 3.05) is 5.32 Å². The summed E-state index contributed by atoms with van der Waals surface area (Å²) in [5.74, 6) is -0.430. The molecule has 1 aromatic carbocycles. The summed E-state index contributed by atoms with van der Waals surface area (Å²) >= 11 is 1.73. The van der Waals surface area contributed by atoms with Gasteiger partial charge in [-0.15, -0.1) is 11.3 Å². The predicted octanol–water partition coefficient (Wildman–Crippen LogP) is 4.56. The van der Waals surface area contributed by atoms with Crippen molar-refractivity contribution in [2.24, 2.45) is 5.92 Å². The summed E-state index contributed by atoms with van der Waals surface area (Å²) in [5.41, 5.74) is 2.09. The summed E-state index contributed by atoms with van der Waals surface area (Å²) in [5, 5.41) is 14.6. The molecule has 3 nitrogen and oxygen atoms in total. The van der Waals surface area contributed by atoms with Gasteiger partial charge in [0.2, 0.25) is 0 Å². The monoisotopic (exact) mass is 289 g/mol. The van der Waals surface area contributed by atoms with E-state index in [1.54, 1.807) is 17.4 Å². The van der Waals surface area contributed by atoms with Gasteiger partial charge in [0, 0.05) is 10.6 Å². The number of carboxylic acids is 1. The van der Waals surface area contributed by atoms with Crippen LogP contribution in [0.1, 0.15) is 40.7 Å². The number of benzene rings is 1. The molecule has 0 radical (unpaired) electrons. The van der Waals surface area contributed by atoms with E-state index in [1.165, 1.54) is 4.88 Å². The number of carbonyl (C=O) groups is 1. The molecular formula is C16H19NO2S. The topological polar surface area (TPSA) is 49.3 Å². The van der Waals surface area contributed by atoms with Crippen molar-refractivity contribution in [3.63, 3.8) is 0 Å². The van der Waals surface area contributed by atoms with Crippen LogP contribution in [-0.2, 0) is 0 Å². The standard InChI is InChI=1S/C16H19NO2S/c1-10(2)15(14-5-4-8-20-14)17-12-6-7-13(16(18)19)11(3)9-12/h4-10,15,17H,1-3H3,(H,18,19). The molecule has 2 rings (SSSR count). The smallest absolute Gasteiger partial charge is 0.335 e. The molecule has 1 aromatic heterocycles.